The van der Waals surface area contributed by atoms with Crippen LogP contribution in [0.2, 0.25) is 0 Å². The molecule has 1 aromatic heterocycles. The van der Waals surface area contributed by atoms with Crippen molar-refractivity contribution in [3.8, 4) is 11.6 Å². The lowest BCUT2D eigenvalue weighted by molar-refractivity contribution is 0.459. The molecule has 1 heterocycles. The van der Waals surface area contributed by atoms with Gasteiger partial charge in [-0.2, -0.15) is 0 Å². The highest BCUT2D eigenvalue weighted by Crippen LogP contribution is 2.31. The van der Waals surface area contributed by atoms with Crippen molar-refractivity contribution in [3.05, 3.63) is 51.0 Å². The van der Waals surface area contributed by atoms with E-state index < -0.39 is 0 Å². The van der Waals surface area contributed by atoms with Crippen molar-refractivity contribution in [2.75, 3.05) is 0 Å². The van der Waals surface area contributed by atoms with E-state index in [-0.39, 0.29) is 0 Å². The maximum Gasteiger partial charge on any atom is 0.219 e. The van der Waals surface area contributed by atoms with Gasteiger partial charge in [0, 0.05) is 23.3 Å². The van der Waals surface area contributed by atoms with Crippen LogP contribution >= 0.6 is 31.9 Å². The normalized spacial score (nSPS) is 10.3. The second kappa shape index (κ2) is 5.62. The molecular weight excluding hydrogens is 348 g/mol. The lowest BCUT2D eigenvalue weighted by atomic mass is 10.3. The van der Waals surface area contributed by atoms with E-state index in [0.29, 0.717) is 12.4 Å². The Morgan fingerprint density at radius 2 is 2.00 bits per heavy atom. The molecule has 88 valence electrons. The molecule has 0 amide bonds. The fourth-order valence-electron chi connectivity index (χ4n) is 1.26. The summed E-state index contributed by atoms with van der Waals surface area (Å²) in [6.45, 7) is 0.481. The van der Waals surface area contributed by atoms with E-state index in [1.807, 2.05) is 24.3 Å². The number of nitrogens with zero attached hydrogens (tertiary/aromatic N) is 1. The Kier molecular flexibility index (Phi) is 4.15. The zero-order chi connectivity index (χ0) is 12.3. The molecule has 0 aliphatic carbocycles. The first-order valence-electron chi connectivity index (χ1n) is 4.97. The molecule has 2 aromatic rings. The minimum atomic E-state index is 0.481. The van der Waals surface area contributed by atoms with E-state index >= 15 is 0 Å². The maximum atomic E-state index is 5.64. The van der Waals surface area contributed by atoms with E-state index in [1.165, 1.54) is 0 Å². The van der Waals surface area contributed by atoms with Crippen LogP contribution in [-0.2, 0) is 6.54 Å². The van der Waals surface area contributed by atoms with Gasteiger partial charge in [-0.05, 0) is 39.7 Å². The smallest absolute Gasteiger partial charge is 0.219 e. The van der Waals surface area contributed by atoms with Gasteiger partial charge in [0.15, 0.2) is 0 Å². The minimum absolute atomic E-state index is 0.481. The average molecular weight is 358 g/mol. The third-order valence-corrected chi connectivity index (χ3v) is 3.25. The first-order chi connectivity index (χ1) is 8.19. The highest BCUT2D eigenvalue weighted by Gasteiger charge is 2.04. The topological polar surface area (TPSA) is 48.1 Å². The van der Waals surface area contributed by atoms with Crippen molar-refractivity contribution in [3.63, 3.8) is 0 Å². The van der Waals surface area contributed by atoms with E-state index in [1.54, 1.807) is 12.3 Å². The number of nitrogens with two attached hydrogens (primary N) is 1. The first-order valence-corrected chi connectivity index (χ1v) is 6.55. The SMILES string of the molecule is NCc1ccc(Oc2ccc(Br)cc2Br)nc1. The number of rotatable bonds is 3. The van der Waals surface area contributed by atoms with E-state index in [0.717, 1.165) is 20.3 Å². The van der Waals surface area contributed by atoms with Crippen molar-refractivity contribution in [1.29, 1.82) is 0 Å². The molecule has 17 heavy (non-hydrogen) atoms. The lowest BCUT2D eigenvalue weighted by Gasteiger charge is -2.07. The molecular formula is C12H10Br2N2O. The Labute approximate surface area is 116 Å². The van der Waals surface area contributed by atoms with Crippen LogP contribution in [0.4, 0.5) is 0 Å². The Bertz CT molecular complexity index is 514. The molecule has 2 N–H and O–H groups in total. The lowest BCUT2D eigenvalue weighted by Crippen LogP contribution is -1.97. The highest BCUT2D eigenvalue weighted by molar-refractivity contribution is 9.11. The minimum Gasteiger partial charge on any atom is -0.438 e. The summed E-state index contributed by atoms with van der Waals surface area (Å²) in [7, 11) is 0. The molecule has 0 spiro atoms. The summed E-state index contributed by atoms with van der Waals surface area (Å²) in [5.41, 5.74) is 6.48. The van der Waals surface area contributed by atoms with Crippen LogP contribution in [0.15, 0.2) is 45.5 Å². The van der Waals surface area contributed by atoms with Crippen LogP contribution in [0.25, 0.3) is 0 Å². The zero-order valence-electron chi connectivity index (χ0n) is 8.86. The molecule has 0 fully saturated rings. The molecule has 3 nitrogen and oxygen atoms in total. The summed E-state index contributed by atoms with van der Waals surface area (Å²) in [5.74, 6) is 1.27. The van der Waals surface area contributed by atoms with Gasteiger partial charge >= 0.3 is 0 Å². The van der Waals surface area contributed by atoms with Crippen molar-refractivity contribution >= 4 is 31.9 Å². The Morgan fingerprint density at radius 3 is 2.59 bits per heavy atom. The molecule has 0 saturated carbocycles. The van der Waals surface area contributed by atoms with Crippen molar-refractivity contribution < 1.29 is 4.74 Å². The average Bonchev–Trinajstić information content (AvgIpc) is 2.34. The van der Waals surface area contributed by atoms with E-state index in [2.05, 4.69) is 36.8 Å². The van der Waals surface area contributed by atoms with Crippen LogP contribution < -0.4 is 10.5 Å². The number of ether oxygens (including phenoxy) is 1. The van der Waals surface area contributed by atoms with Crippen LogP contribution in [0.3, 0.4) is 0 Å². The summed E-state index contributed by atoms with van der Waals surface area (Å²) < 4.78 is 7.50. The molecule has 0 aliphatic rings. The van der Waals surface area contributed by atoms with Gasteiger partial charge in [0.2, 0.25) is 5.88 Å². The molecule has 5 heteroatoms. The number of aromatic nitrogens is 1. The number of pyridine rings is 1. The van der Waals surface area contributed by atoms with Gasteiger partial charge in [0.1, 0.15) is 5.75 Å². The second-order valence-electron chi connectivity index (χ2n) is 3.39. The summed E-state index contributed by atoms with van der Waals surface area (Å²) in [4.78, 5) is 4.17. The number of hydrogen-bond acceptors (Lipinski definition) is 3. The maximum absolute atomic E-state index is 5.64. The monoisotopic (exact) mass is 356 g/mol. The van der Waals surface area contributed by atoms with Crippen LogP contribution in [-0.4, -0.2) is 4.98 Å². The largest absolute Gasteiger partial charge is 0.438 e. The molecule has 2 rings (SSSR count). The molecule has 0 radical (unpaired) electrons. The van der Waals surface area contributed by atoms with Crippen molar-refractivity contribution in [2.45, 2.75) is 6.54 Å². The number of halogens is 2. The van der Waals surface area contributed by atoms with Gasteiger partial charge in [0.05, 0.1) is 4.47 Å². The second-order valence-corrected chi connectivity index (χ2v) is 5.16. The fourth-order valence-corrected chi connectivity index (χ4v) is 2.39. The summed E-state index contributed by atoms with van der Waals surface area (Å²) in [6.07, 6.45) is 1.71. The molecule has 0 saturated heterocycles. The van der Waals surface area contributed by atoms with Gasteiger partial charge in [-0.1, -0.05) is 22.0 Å². The highest BCUT2D eigenvalue weighted by atomic mass is 79.9. The number of benzene rings is 1. The predicted octanol–water partition coefficient (Wildman–Crippen LogP) is 3.86. The zero-order valence-corrected chi connectivity index (χ0v) is 12.0. The summed E-state index contributed by atoms with van der Waals surface area (Å²) in [5, 5.41) is 0. The Balaban J connectivity index is 2.19. The quantitative estimate of drug-likeness (QED) is 0.907. The first kappa shape index (κ1) is 12.5. The molecule has 0 bridgehead atoms. The molecule has 1 aromatic carbocycles. The number of hydrogen-bond donors (Lipinski definition) is 1. The predicted molar refractivity (Wildman–Crippen MR) is 74.0 cm³/mol. The van der Waals surface area contributed by atoms with E-state index in [4.69, 9.17) is 10.5 Å². The van der Waals surface area contributed by atoms with Gasteiger partial charge in [0.25, 0.3) is 0 Å². The third kappa shape index (κ3) is 3.28. The standard InChI is InChI=1S/C12H10Br2N2O/c13-9-2-3-11(10(14)5-9)17-12-4-1-8(6-15)7-16-12/h1-5,7H,6,15H2. The summed E-state index contributed by atoms with van der Waals surface area (Å²) in [6, 6.07) is 9.40. The van der Waals surface area contributed by atoms with Crippen LogP contribution in [0.1, 0.15) is 5.56 Å². The van der Waals surface area contributed by atoms with Crippen molar-refractivity contribution in [2.24, 2.45) is 5.73 Å². The molecule has 0 unspecified atom stereocenters. The molecule has 0 atom stereocenters. The van der Waals surface area contributed by atoms with Gasteiger partial charge < -0.3 is 10.5 Å². The van der Waals surface area contributed by atoms with Crippen LogP contribution in [0, 0.1) is 0 Å². The Morgan fingerprint density at radius 1 is 1.18 bits per heavy atom. The third-order valence-electron chi connectivity index (χ3n) is 2.14. The summed E-state index contributed by atoms with van der Waals surface area (Å²) >= 11 is 6.82. The van der Waals surface area contributed by atoms with Crippen molar-refractivity contribution in [1.82, 2.24) is 4.98 Å². The fraction of sp³-hybridized carbons (Fsp3) is 0.0833. The molecule has 0 aliphatic heterocycles. The van der Waals surface area contributed by atoms with Gasteiger partial charge in [-0.15, -0.1) is 0 Å². The Hall–Kier alpha value is -0.910. The van der Waals surface area contributed by atoms with E-state index in [9.17, 15) is 0 Å². The van der Waals surface area contributed by atoms with Gasteiger partial charge in [-0.3, -0.25) is 0 Å². The van der Waals surface area contributed by atoms with Crippen LogP contribution in [0.5, 0.6) is 11.6 Å². The van der Waals surface area contributed by atoms with Gasteiger partial charge in [-0.25, -0.2) is 4.98 Å².